The van der Waals surface area contributed by atoms with Crippen molar-refractivity contribution in [1.29, 1.82) is 0 Å². The van der Waals surface area contributed by atoms with Crippen LogP contribution >= 0.6 is 0 Å². The summed E-state index contributed by atoms with van der Waals surface area (Å²) < 4.78 is 50.4. The van der Waals surface area contributed by atoms with Crippen molar-refractivity contribution in [3.05, 3.63) is 29.8 Å². The minimum Gasteiger partial charge on any atom is -0.319 e. The smallest absolute Gasteiger partial charge is 0.233 e. The highest BCUT2D eigenvalue weighted by molar-refractivity contribution is 7.92. The Morgan fingerprint density at radius 2 is 1.75 bits per heavy atom. The molecular formula is C9H12F2N2O2S. The molecule has 0 amide bonds. The van der Waals surface area contributed by atoms with Gasteiger partial charge < -0.3 is 5.32 Å². The van der Waals surface area contributed by atoms with Crippen LogP contribution in [0.15, 0.2) is 18.2 Å². The van der Waals surface area contributed by atoms with Gasteiger partial charge in [0.15, 0.2) is 0 Å². The van der Waals surface area contributed by atoms with Crippen LogP contribution in [0.25, 0.3) is 0 Å². The summed E-state index contributed by atoms with van der Waals surface area (Å²) in [5.41, 5.74) is -0.117. The lowest BCUT2D eigenvalue weighted by Gasteiger charge is -2.07. The molecule has 1 aromatic carbocycles. The molecule has 0 aromatic heterocycles. The summed E-state index contributed by atoms with van der Waals surface area (Å²) in [4.78, 5) is 0. The number of benzene rings is 1. The normalized spacial score (nSPS) is 11.4. The van der Waals surface area contributed by atoms with Crippen LogP contribution in [0.3, 0.4) is 0 Å². The summed E-state index contributed by atoms with van der Waals surface area (Å²) in [6.07, 6.45) is 0. The number of nitrogens with one attached hydrogen (secondary N) is 2. The van der Waals surface area contributed by atoms with Gasteiger partial charge in [0.05, 0.1) is 11.4 Å². The van der Waals surface area contributed by atoms with Gasteiger partial charge in [-0.3, -0.25) is 4.72 Å². The molecule has 0 aliphatic heterocycles. The third kappa shape index (κ3) is 4.11. The lowest BCUT2D eigenvalue weighted by atomic mass is 10.3. The van der Waals surface area contributed by atoms with Crippen LogP contribution in [-0.2, 0) is 10.0 Å². The predicted octanol–water partition coefficient (Wildman–Crippen LogP) is 0.926. The van der Waals surface area contributed by atoms with Gasteiger partial charge in [-0.15, -0.1) is 0 Å². The van der Waals surface area contributed by atoms with Crippen molar-refractivity contribution in [1.82, 2.24) is 5.32 Å². The highest BCUT2D eigenvalue weighted by atomic mass is 32.2. The summed E-state index contributed by atoms with van der Waals surface area (Å²) in [5, 5.41) is 2.67. The molecule has 1 aromatic rings. The third-order valence-electron chi connectivity index (χ3n) is 1.76. The van der Waals surface area contributed by atoms with E-state index in [4.69, 9.17) is 0 Å². The van der Waals surface area contributed by atoms with Crippen LogP contribution in [0.1, 0.15) is 0 Å². The second kappa shape index (κ2) is 5.22. The molecule has 7 heteroatoms. The highest BCUT2D eigenvalue weighted by Gasteiger charge is 2.10. The van der Waals surface area contributed by atoms with Gasteiger partial charge in [-0.2, -0.15) is 0 Å². The molecule has 1 rings (SSSR count). The van der Waals surface area contributed by atoms with E-state index in [1.807, 2.05) is 0 Å². The number of halogens is 2. The van der Waals surface area contributed by atoms with E-state index >= 15 is 0 Å². The fraction of sp³-hybridized carbons (Fsp3) is 0.333. The number of rotatable bonds is 5. The lowest BCUT2D eigenvalue weighted by molar-refractivity contribution is 0.584. The zero-order chi connectivity index (χ0) is 12.2. The minimum absolute atomic E-state index is 0.117. The first-order valence-electron chi connectivity index (χ1n) is 4.54. The van der Waals surface area contributed by atoms with E-state index in [1.54, 1.807) is 7.05 Å². The molecule has 0 aliphatic rings. The Bertz CT molecular complexity index is 442. The van der Waals surface area contributed by atoms with Gasteiger partial charge in [-0.05, 0) is 19.2 Å². The van der Waals surface area contributed by atoms with E-state index in [0.717, 1.165) is 12.1 Å². The number of sulfonamides is 1. The summed E-state index contributed by atoms with van der Waals surface area (Å²) >= 11 is 0. The summed E-state index contributed by atoms with van der Waals surface area (Å²) in [6, 6.07) is 2.51. The number of hydrogen-bond donors (Lipinski definition) is 2. The average Bonchev–Trinajstić information content (AvgIpc) is 2.12. The standard InChI is InChI=1S/C9H12F2N2O2S/c1-12-2-3-16(14,15)13-9-5-7(10)4-8(11)6-9/h4-6,12-13H,2-3H2,1H3. The Kier molecular flexibility index (Phi) is 4.19. The zero-order valence-electron chi connectivity index (χ0n) is 8.63. The van der Waals surface area contributed by atoms with Crippen LogP contribution in [0.2, 0.25) is 0 Å². The molecule has 90 valence electrons. The Hall–Kier alpha value is -1.21. The quantitative estimate of drug-likeness (QED) is 0.817. The SMILES string of the molecule is CNCCS(=O)(=O)Nc1cc(F)cc(F)c1. The molecule has 0 unspecified atom stereocenters. The molecule has 0 fully saturated rings. The zero-order valence-corrected chi connectivity index (χ0v) is 9.44. The van der Waals surface area contributed by atoms with E-state index in [0.29, 0.717) is 6.07 Å². The van der Waals surface area contributed by atoms with Gasteiger partial charge in [0.1, 0.15) is 11.6 Å². The van der Waals surface area contributed by atoms with E-state index in [1.165, 1.54) is 0 Å². The first-order chi connectivity index (χ1) is 7.43. The van der Waals surface area contributed by atoms with Crippen LogP contribution < -0.4 is 10.0 Å². The van der Waals surface area contributed by atoms with E-state index in [2.05, 4.69) is 10.0 Å². The first-order valence-corrected chi connectivity index (χ1v) is 6.19. The van der Waals surface area contributed by atoms with Crippen molar-refractivity contribution in [2.24, 2.45) is 0 Å². The maximum atomic E-state index is 12.8. The molecule has 0 atom stereocenters. The van der Waals surface area contributed by atoms with Gasteiger partial charge in [0, 0.05) is 12.6 Å². The maximum Gasteiger partial charge on any atom is 0.233 e. The molecular weight excluding hydrogens is 238 g/mol. The van der Waals surface area contributed by atoms with Gasteiger partial charge in [0.2, 0.25) is 10.0 Å². The topological polar surface area (TPSA) is 58.2 Å². The molecule has 2 N–H and O–H groups in total. The molecule has 4 nitrogen and oxygen atoms in total. The summed E-state index contributed by atoms with van der Waals surface area (Å²) in [5.74, 6) is -1.82. The van der Waals surface area contributed by atoms with E-state index in [9.17, 15) is 17.2 Å². The van der Waals surface area contributed by atoms with Crippen molar-refractivity contribution >= 4 is 15.7 Å². The Morgan fingerprint density at radius 3 is 2.25 bits per heavy atom. The number of hydrogen-bond acceptors (Lipinski definition) is 3. The van der Waals surface area contributed by atoms with E-state index < -0.39 is 21.7 Å². The van der Waals surface area contributed by atoms with Gasteiger partial charge in [-0.1, -0.05) is 0 Å². The third-order valence-corrected chi connectivity index (χ3v) is 3.04. The second-order valence-electron chi connectivity index (χ2n) is 3.18. The van der Waals surface area contributed by atoms with Crippen LogP contribution in [0, 0.1) is 11.6 Å². The van der Waals surface area contributed by atoms with Crippen LogP contribution in [0.5, 0.6) is 0 Å². The average molecular weight is 250 g/mol. The fourth-order valence-electron chi connectivity index (χ4n) is 1.08. The first kappa shape index (κ1) is 12.9. The van der Waals surface area contributed by atoms with Gasteiger partial charge in [-0.25, -0.2) is 17.2 Å². The molecule has 0 saturated heterocycles. The lowest BCUT2D eigenvalue weighted by Crippen LogP contribution is -2.24. The van der Waals surface area contributed by atoms with Gasteiger partial charge in [0.25, 0.3) is 0 Å². The Balaban J connectivity index is 2.80. The van der Waals surface area contributed by atoms with Crippen molar-refractivity contribution in [3.63, 3.8) is 0 Å². The molecule has 0 saturated carbocycles. The second-order valence-corrected chi connectivity index (χ2v) is 5.02. The van der Waals surface area contributed by atoms with E-state index in [-0.39, 0.29) is 18.0 Å². The van der Waals surface area contributed by atoms with Crippen molar-refractivity contribution in [2.45, 2.75) is 0 Å². The molecule has 16 heavy (non-hydrogen) atoms. The van der Waals surface area contributed by atoms with Crippen molar-refractivity contribution in [3.8, 4) is 0 Å². The Labute approximate surface area is 92.7 Å². The number of anilines is 1. The largest absolute Gasteiger partial charge is 0.319 e. The summed E-state index contributed by atoms with van der Waals surface area (Å²) in [6.45, 7) is 0.257. The van der Waals surface area contributed by atoms with Crippen LogP contribution in [-0.4, -0.2) is 27.8 Å². The van der Waals surface area contributed by atoms with Crippen LogP contribution in [0.4, 0.5) is 14.5 Å². The summed E-state index contributed by atoms with van der Waals surface area (Å²) in [7, 11) is -1.97. The Morgan fingerprint density at radius 1 is 1.19 bits per heavy atom. The highest BCUT2D eigenvalue weighted by Crippen LogP contribution is 2.14. The van der Waals surface area contributed by atoms with Gasteiger partial charge >= 0.3 is 0 Å². The minimum atomic E-state index is -3.58. The fourth-order valence-corrected chi connectivity index (χ4v) is 2.13. The molecule has 0 heterocycles. The maximum absolute atomic E-state index is 12.8. The monoisotopic (exact) mass is 250 g/mol. The van der Waals surface area contributed by atoms with Crippen molar-refractivity contribution < 1.29 is 17.2 Å². The molecule has 0 aliphatic carbocycles. The predicted molar refractivity (Wildman–Crippen MR) is 57.7 cm³/mol. The van der Waals surface area contributed by atoms with Crippen molar-refractivity contribution in [2.75, 3.05) is 24.1 Å². The molecule has 0 bridgehead atoms. The molecule has 0 spiro atoms. The molecule has 0 radical (unpaired) electrons.